The number of non-ortho nitro benzene ring substituents is 1. The molecule has 0 saturated heterocycles. The summed E-state index contributed by atoms with van der Waals surface area (Å²) in [5.41, 5.74) is -4.02. The third kappa shape index (κ3) is 4.15. The van der Waals surface area contributed by atoms with Crippen molar-refractivity contribution in [3.8, 4) is 11.5 Å². The van der Waals surface area contributed by atoms with Gasteiger partial charge in [0.1, 0.15) is 0 Å². The van der Waals surface area contributed by atoms with E-state index in [4.69, 9.17) is 11.1 Å². The minimum absolute atomic E-state index is 0.102. The Morgan fingerprint density at radius 3 is 2.44 bits per heavy atom. The van der Waals surface area contributed by atoms with Gasteiger partial charge in [-0.1, -0.05) is 11.2 Å². The first-order valence-electron chi connectivity index (χ1n) is 9.14. The number of aromatic nitrogens is 3. The highest BCUT2D eigenvalue weighted by Crippen LogP contribution is 2.42. The lowest BCUT2D eigenvalue weighted by atomic mass is 10.1. The van der Waals surface area contributed by atoms with Crippen molar-refractivity contribution in [2.24, 2.45) is 0 Å². The first-order valence-corrected chi connectivity index (χ1v) is 9.14. The van der Waals surface area contributed by atoms with Crippen LogP contribution in [-0.4, -0.2) is 19.6 Å². The number of hydrogen-bond donors (Lipinski definition) is 0. The van der Waals surface area contributed by atoms with Crippen LogP contribution in [0, 0.1) is 16.7 Å². The summed E-state index contributed by atoms with van der Waals surface area (Å²) in [6.07, 6.45) is -8.34. The van der Waals surface area contributed by atoms with E-state index in [1.165, 1.54) is 22.9 Å². The van der Waals surface area contributed by atoms with Gasteiger partial charge in [-0.15, -0.1) is 0 Å². The Bertz CT molecular complexity index is 1460. The lowest BCUT2D eigenvalue weighted by Crippen LogP contribution is -2.06. The minimum atomic E-state index is -4.87. The SMILES string of the molecule is [C-]#[N+]c1ccc2c(ccn2Cc2noc(-c3cc([N+](=O)[O-])cc(C(F)(F)F)c3)n2)c1C(F)(F)F. The first kappa shape index (κ1) is 22.8. The van der Waals surface area contributed by atoms with Gasteiger partial charge >= 0.3 is 12.4 Å². The molecule has 0 aliphatic carbocycles. The summed E-state index contributed by atoms with van der Waals surface area (Å²) in [5.74, 6) is -0.540. The molecular formula is C20H9F6N5O3. The van der Waals surface area contributed by atoms with Crippen molar-refractivity contribution in [1.82, 2.24) is 14.7 Å². The summed E-state index contributed by atoms with van der Waals surface area (Å²) in [6.45, 7) is 6.76. The van der Waals surface area contributed by atoms with Crippen LogP contribution in [0.4, 0.5) is 37.7 Å². The molecule has 4 aromatic rings. The number of halogens is 6. The number of fused-ring (bicyclic) bond motifs is 1. The zero-order chi connectivity index (χ0) is 24.8. The molecule has 2 aromatic heterocycles. The second-order valence-corrected chi connectivity index (χ2v) is 6.98. The average Bonchev–Trinajstić information content (AvgIpc) is 3.39. The second kappa shape index (κ2) is 7.87. The molecule has 0 radical (unpaired) electrons. The van der Waals surface area contributed by atoms with Gasteiger partial charge in [0.05, 0.1) is 29.2 Å². The van der Waals surface area contributed by atoms with Crippen molar-refractivity contribution in [2.45, 2.75) is 18.9 Å². The molecule has 0 spiro atoms. The van der Waals surface area contributed by atoms with Crippen molar-refractivity contribution in [1.29, 1.82) is 0 Å². The normalized spacial score (nSPS) is 12.1. The second-order valence-electron chi connectivity index (χ2n) is 6.98. The van der Waals surface area contributed by atoms with Gasteiger partial charge in [-0.05, 0) is 18.2 Å². The summed E-state index contributed by atoms with van der Waals surface area (Å²) in [7, 11) is 0. The maximum Gasteiger partial charge on any atom is 0.416 e. The van der Waals surface area contributed by atoms with Crippen LogP contribution < -0.4 is 0 Å². The molecule has 0 atom stereocenters. The zero-order valence-corrected chi connectivity index (χ0v) is 16.5. The van der Waals surface area contributed by atoms with Crippen LogP contribution in [0.25, 0.3) is 27.2 Å². The van der Waals surface area contributed by atoms with Crippen LogP contribution in [0.5, 0.6) is 0 Å². The molecule has 4 rings (SSSR count). The Kier molecular flexibility index (Phi) is 5.27. The van der Waals surface area contributed by atoms with Crippen LogP contribution in [0.3, 0.4) is 0 Å². The molecule has 34 heavy (non-hydrogen) atoms. The van der Waals surface area contributed by atoms with Crippen molar-refractivity contribution >= 4 is 22.3 Å². The predicted molar refractivity (Wildman–Crippen MR) is 104 cm³/mol. The van der Waals surface area contributed by atoms with Crippen molar-refractivity contribution < 1.29 is 35.8 Å². The van der Waals surface area contributed by atoms with Gasteiger partial charge in [0.15, 0.2) is 11.5 Å². The highest BCUT2D eigenvalue weighted by molar-refractivity contribution is 5.89. The molecule has 0 aliphatic heterocycles. The van der Waals surface area contributed by atoms with E-state index in [1.807, 2.05) is 0 Å². The molecule has 0 amide bonds. The Morgan fingerprint density at radius 2 is 1.82 bits per heavy atom. The summed E-state index contributed by atoms with van der Waals surface area (Å²) in [4.78, 5) is 16.9. The van der Waals surface area contributed by atoms with E-state index in [2.05, 4.69) is 15.0 Å². The maximum atomic E-state index is 13.5. The molecule has 2 aromatic carbocycles. The Balaban J connectivity index is 1.72. The fourth-order valence-electron chi connectivity index (χ4n) is 3.38. The van der Waals surface area contributed by atoms with Crippen molar-refractivity contribution in [2.75, 3.05) is 0 Å². The van der Waals surface area contributed by atoms with Crippen LogP contribution in [0.15, 0.2) is 47.1 Å². The Labute approximate surface area is 185 Å². The van der Waals surface area contributed by atoms with Gasteiger partial charge < -0.3 is 9.09 Å². The quantitative estimate of drug-likeness (QED) is 0.149. The summed E-state index contributed by atoms with van der Waals surface area (Å²) >= 11 is 0. The van der Waals surface area contributed by atoms with Gasteiger partial charge in [-0.2, -0.15) is 31.3 Å². The highest BCUT2D eigenvalue weighted by atomic mass is 19.4. The van der Waals surface area contributed by atoms with Crippen molar-refractivity contribution in [3.63, 3.8) is 0 Å². The third-order valence-corrected chi connectivity index (χ3v) is 4.82. The molecular weight excluding hydrogens is 472 g/mol. The van der Waals surface area contributed by atoms with Gasteiger partial charge in [0.25, 0.3) is 11.6 Å². The monoisotopic (exact) mass is 481 g/mol. The lowest BCUT2D eigenvalue weighted by Gasteiger charge is -2.11. The molecule has 2 heterocycles. The molecule has 0 fully saturated rings. The number of alkyl halides is 6. The zero-order valence-electron chi connectivity index (χ0n) is 16.5. The standard InChI is InChI=1S/C20H9F6N5O3/c1-27-14-2-3-15-13(17(14)20(24,25)26)4-5-30(15)9-16-28-18(34-29-16)10-6-11(19(21,22)23)8-12(7-10)31(32)33/h2-8H,9H2. The van der Waals surface area contributed by atoms with E-state index in [0.29, 0.717) is 12.1 Å². The third-order valence-electron chi connectivity index (χ3n) is 4.82. The number of benzene rings is 2. The van der Waals surface area contributed by atoms with E-state index < -0.39 is 45.7 Å². The van der Waals surface area contributed by atoms with E-state index >= 15 is 0 Å². The average molecular weight is 481 g/mol. The fraction of sp³-hybridized carbons (Fsp3) is 0.150. The topological polar surface area (TPSA) is 91.3 Å². The summed E-state index contributed by atoms with van der Waals surface area (Å²) in [6, 6.07) is 5.31. The first-order chi connectivity index (χ1) is 15.9. The largest absolute Gasteiger partial charge is 0.416 e. The van der Waals surface area contributed by atoms with Crippen molar-refractivity contribution in [3.05, 3.63) is 81.1 Å². The molecule has 0 bridgehead atoms. The number of hydrogen-bond acceptors (Lipinski definition) is 5. The number of rotatable bonds is 4. The summed E-state index contributed by atoms with van der Waals surface area (Å²) in [5, 5.41) is 14.4. The fourth-order valence-corrected chi connectivity index (χ4v) is 3.38. The molecule has 8 nitrogen and oxygen atoms in total. The van der Waals surface area contributed by atoms with Gasteiger partial charge in [0.2, 0.25) is 0 Å². The summed E-state index contributed by atoms with van der Waals surface area (Å²) < 4.78 is 86.0. The molecule has 0 unspecified atom stereocenters. The predicted octanol–water partition coefficient (Wildman–Crippen LogP) is 6.24. The van der Waals surface area contributed by atoms with E-state index in [-0.39, 0.29) is 28.8 Å². The smallest absolute Gasteiger partial charge is 0.340 e. The Hall–Kier alpha value is -4.41. The molecule has 0 aliphatic rings. The Morgan fingerprint density at radius 1 is 1.09 bits per heavy atom. The lowest BCUT2D eigenvalue weighted by molar-refractivity contribution is -0.385. The number of nitrogens with zero attached hydrogens (tertiary/aromatic N) is 5. The van der Waals surface area contributed by atoms with E-state index in [1.54, 1.807) is 0 Å². The van der Waals surface area contributed by atoms with E-state index in [9.17, 15) is 36.5 Å². The van der Waals surface area contributed by atoms with Crippen LogP contribution in [0.2, 0.25) is 0 Å². The van der Waals surface area contributed by atoms with Crippen LogP contribution in [0.1, 0.15) is 17.0 Å². The number of nitro groups is 1. The van der Waals surface area contributed by atoms with Crippen LogP contribution >= 0.6 is 0 Å². The van der Waals surface area contributed by atoms with Gasteiger partial charge in [-0.3, -0.25) is 10.1 Å². The van der Waals surface area contributed by atoms with Gasteiger partial charge in [-0.25, -0.2) is 4.85 Å². The van der Waals surface area contributed by atoms with Crippen LogP contribution in [-0.2, 0) is 18.9 Å². The molecule has 174 valence electrons. The minimum Gasteiger partial charge on any atom is -0.340 e. The number of nitro benzene ring substituents is 1. The molecule has 0 saturated carbocycles. The van der Waals surface area contributed by atoms with Gasteiger partial charge in [0, 0.05) is 34.8 Å². The molecule has 14 heteroatoms. The highest BCUT2D eigenvalue weighted by Gasteiger charge is 2.36. The molecule has 0 N–H and O–H groups in total. The maximum absolute atomic E-state index is 13.5. The van der Waals surface area contributed by atoms with E-state index in [0.717, 1.165) is 12.1 Å².